The number of fused-ring (bicyclic) bond motifs is 1. The number of hydrogen-bond donors (Lipinski definition) is 1. The van der Waals surface area contributed by atoms with E-state index in [2.05, 4.69) is 15.3 Å². The Labute approximate surface area is 177 Å². The first-order valence-corrected chi connectivity index (χ1v) is 9.89. The molecule has 0 radical (unpaired) electrons. The Bertz CT molecular complexity index is 1310. The summed E-state index contributed by atoms with van der Waals surface area (Å²) in [6, 6.07) is 7.04. The summed E-state index contributed by atoms with van der Waals surface area (Å²) in [5.74, 6) is 0.327. The van der Waals surface area contributed by atoms with Gasteiger partial charge in [0.25, 0.3) is 0 Å². The molecule has 10 nitrogen and oxygen atoms in total. The highest BCUT2D eigenvalue weighted by Crippen LogP contribution is 2.27. The topological polar surface area (TPSA) is 126 Å². The van der Waals surface area contributed by atoms with E-state index in [0.29, 0.717) is 54.2 Å². The zero-order chi connectivity index (χ0) is 22.1. The minimum absolute atomic E-state index is 0.148. The van der Waals surface area contributed by atoms with Crippen molar-refractivity contribution in [1.82, 2.24) is 19.1 Å². The van der Waals surface area contributed by atoms with Crippen LogP contribution in [-0.2, 0) is 11.8 Å². The minimum atomic E-state index is -0.606. The molecule has 10 heteroatoms. The monoisotopic (exact) mass is 419 g/mol. The lowest BCUT2D eigenvalue weighted by Crippen LogP contribution is -2.45. The van der Waals surface area contributed by atoms with Gasteiger partial charge in [0, 0.05) is 38.8 Å². The Kier molecular flexibility index (Phi) is 5.25. The number of hydrogen-bond acceptors (Lipinski definition) is 7. The Hall–Kier alpha value is -4.00. The number of nitrogens with one attached hydrogen (secondary N) is 1. The van der Waals surface area contributed by atoms with Gasteiger partial charge in [0.05, 0.1) is 29.0 Å². The molecule has 1 saturated heterocycles. The van der Waals surface area contributed by atoms with Gasteiger partial charge in [-0.1, -0.05) is 0 Å². The molecule has 158 valence electrons. The minimum Gasteiger partial charge on any atom is -0.341 e. The molecule has 1 aliphatic heterocycles. The van der Waals surface area contributed by atoms with Gasteiger partial charge in [0.15, 0.2) is 0 Å². The number of benzene rings is 1. The molecule has 0 bridgehead atoms. The van der Waals surface area contributed by atoms with Crippen molar-refractivity contribution in [3.8, 4) is 6.07 Å². The van der Waals surface area contributed by atoms with Crippen molar-refractivity contribution in [2.45, 2.75) is 25.8 Å². The summed E-state index contributed by atoms with van der Waals surface area (Å²) in [4.78, 5) is 47.3. The first kappa shape index (κ1) is 20.3. The number of anilines is 2. The molecule has 0 atom stereocenters. The molecule has 0 spiro atoms. The van der Waals surface area contributed by atoms with Crippen LogP contribution in [0.5, 0.6) is 0 Å². The molecule has 4 rings (SSSR count). The Morgan fingerprint density at radius 1 is 1.13 bits per heavy atom. The van der Waals surface area contributed by atoms with Gasteiger partial charge in [-0.05, 0) is 31.0 Å². The number of rotatable bonds is 3. The summed E-state index contributed by atoms with van der Waals surface area (Å²) in [6.45, 7) is 2.64. The van der Waals surface area contributed by atoms with Gasteiger partial charge in [0.2, 0.25) is 11.9 Å². The predicted molar refractivity (Wildman–Crippen MR) is 115 cm³/mol. The van der Waals surface area contributed by atoms with E-state index < -0.39 is 11.1 Å². The van der Waals surface area contributed by atoms with Crippen LogP contribution in [0.3, 0.4) is 0 Å². The number of aromatic nitrogens is 4. The predicted octanol–water partition coefficient (Wildman–Crippen LogP) is 1.16. The third-order valence-electron chi connectivity index (χ3n) is 5.50. The van der Waals surface area contributed by atoms with Crippen molar-refractivity contribution >= 4 is 28.6 Å². The maximum atomic E-state index is 12.9. The van der Waals surface area contributed by atoms with Gasteiger partial charge in [-0.25, -0.2) is 9.97 Å². The molecule has 1 aliphatic rings. The molecule has 3 aromatic rings. The highest BCUT2D eigenvalue weighted by molar-refractivity contribution is 5.91. The van der Waals surface area contributed by atoms with Crippen LogP contribution in [-0.4, -0.2) is 38.1 Å². The highest BCUT2D eigenvalue weighted by atomic mass is 16.2. The second-order valence-electron chi connectivity index (χ2n) is 7.53. The van der Waals surface area contributed by atoms with E-state index in [1.54, 1.807) is 29.8 Å². The summed E-state index contributed by atoms with van der Waals surface area (Å²) in [6.07, 6.45) is 4.25. The fourth-order valence-electron chi connectivity index (χ4n) is 3.97. The normalized spacial score (nSPS) is 14.4. The Balaban J connectivity index is 1.66. The lowest BCUT2D eigenvalue weighted by molar-refractivity contribution is -0.114. The maximum Gasteiger partial charge on any atom is 0.317 e. The molecule has 0 aliphatic carbocycles. The van der Waals surface area contributed by atoms with Crippen LogP contribution in [0.25, 0.3) is 11.0 Å². The van der Waals surface area contributed by atoms with Gasteiger partial charge in [-0.3, -0.25) is 19.0 Å². The molecule has 1 N–H and O–H groups in total. The van der Waals surface area contributed by atoms with Crippen LogP contribution >= 0.6 is 0 Å². The molecule has 3 heterocycles. The maximum absolute atomic E-state index is 12.9. The zero-order valence-corrected chi connectivity index (χ0v) is 17.2. The first-order valence-electron chi connectivity index (χ1n) is 9.89. The molecule has 0 saturated carbocycles. The van der Waals surface area contributed by atoms with E-state index in [-0.39, 0.29) is 11.9 Å². The van der Waals surface area contributed by atoms with Crippen molar-refractivity contribution < 1.29 is 4.79 Å². The number of carbonyl (C=O) groups excluding carboxylic acids is 1. The Morgan fingerprint density at radius 3 is 2.42 bits per heavy atom. The van der Waals surface area contributed by atoms with Crippen LogP contribution in [0.2, 0.25) is 0 Å². The molecule has 31 heavy (non-hydrogen) atoms. The van der Waals surface area contributed by atoms with Gasteiger partial charge >= 0.3 is 11.1 Å². The summed E-state index contributed by atoms with van der Waals surface area (Å²) in [7, 11) is 1.55. The fourth-order valence-corrected chi connectivity index (χ4v) is 3.97. The third kappa shape index (κ3) is 3.77. The average molecular weight is 419 g/mol. The lowest BCUT2D eigenvalue weighted by Gasteiger charge is -2.33. The number of amides is 1. The quantitative estimate of drug-likeness (QED) is 0.631. The van der Waals surface area contributed by atoms with Crippen LogP contribution in [0.1, 0.15) is 31.4 Å². The second kappa shape index (κ2) is 8.02. The van der Waals surface area contributed by atoms with Gasteiger partial charge < -0.3 is 14.8 Å². The molecular weight excluding hydrogens is 398 g/mol. The van der Waals surface area contributed by atoms with Crippen molar-refractivity contribution in [2.24, 2.45) is 7.05 Å². The van der Waals surface area contributed by atoms with Crippen LogP contribution in [0.4, 0.5) is 11.6 Å². The average Bonchev–Trinajstić information content (AvgIpc) is 2.78. The van der Waals surface area contributed by atoms with Crippen molar-refractivity contribution in [2.75, 3.05) is 23.3 Å². The summed E-state index contributed by atoms with van der Waals surface area (Å²) in [5.41, 5.74) is 1.02. The third-order valence-corrected chi connectivity index (χ3v) is 5.50. The molecule has 0 unspecified atom stereocenters. The largest absolute Gasteiger partial charge is 0.341 e. The van der Waals surface area contributed by atoms with E-state index in [0.717, 1.165) is 0 Å². The number of piperidine rings is 1. The van der Waals surface area contributed by atoms with E-state index in [4.69, 9.17) is 5.26 Å². The van der Waals surface area contributed by atoms with Crippen LogP contribution < -0.4 is 21.3 Å². The van der Waals surface area contributed by atoms with Crippen molar-refractivity contribution in [1.29, 1.82) is 5.26 Å². The lowest BCUT2D eigenvalue weighted by atomic mass is 10.0. The second-order valence-corrected chi connectivity index (χ2v) is 7.53. The fraction of sp³-hybridized carbons (Fsp3) is 0.333. The van der Waals surface area contributed by atoms with Gasteiger partial charge in [0.1, 0.15) is 6.07 Å². The van der Waals surface area contributed by atoms with Crippen LogP contribution in [0.15, 0.2) is 40.2 Å². The summed E-state index contributed by atoms with van der Waals surface area (Å²) in [5, 5.41) is 11.6. The van der Waals surface area contributed by atoms with Crippen molar-refractivity contribution in [3.05, 3.63) is 56.9 Å². The number of aryl methyl sites for hydroxylation is 1. The van der Waals surface area contributed by atoms with Gasteiger partial charge in [-0.2, -0.15) is 5.26 Å². The number of carbonyl (C=O) groups is 1. The first-order chi connectivity index (χ1) is 14.9. The van der Waals surface area contributed by atoms with Gasteiger partial charge in [-0.15, -0.1) is 0 Å². The SMILES string of the molecule is CC(=O)Nc1ccc2c(c1)n(C)c(=O)c(=O)n2C1CCN(c2ncc(C#N)cn2)CC1. The molecule has 2 aromatic heterocycles. The molecule has 1 amide bonds. The smallest absolute Gasteiger partial charge is 0.317 e. The Morgan fingerprint density at radius 2 is 1.81 bits per heavy atom. The highest BCUT2D eigenvalue weighted by Gasteiger charge is 2.25. The van der Waals surface area contributed by atoms with E-state index >= 15 is 0 Å². The summed E-state index contributed by atoms with van der Waals surface area (Å²) < 4.78 is 2.89. The van der Waals surface area contributed by atoms with E-state index in [9.17, 15) is 14.4 Å². The molecule has 1 aromatic carbocycles. The summed E-state index contributed by atoms with van der Waals surface area (Å²) >= 11 is 0. The van der Waals surface area contributed by atoms with Crippen LogP contribution in [0, 0.1) is 11.3 Å². The number of nitrogens with zero attached hydrogens (tertiary/aromatic N) is 6. The van der Waals surface area contributed by atoms with Crippen molar-refractivity contribution in [3.63, 3.8) is 0 Å². The molecular formula is C21H21N7O3. The molecule has 1 fully saturated rings. The van der Waals surface area contributed by atoms with E-state index in [1.807, 2.05) is 11.0 Å². The van der Waals surface area contributed by atoms with E-state index in [1.165, 1.54) is 23.9 Å². The number of nitriles is 1. The zero-order valence-electron chi connectivity index (χ0n) is 17.2. The standard InChI is InChI=1S/C21H21N7O3/c1-13(29)25-15-3-4-17-18(9-15)26(2)19(30)20(31)28(17)16-5-7-27(8-6-16)21-23-11-14(10-22)12-24-21/h3-4,9,11-12,16H,5-8H2,1-2H3,(H,25,29).